The van der Waals surface area contributed by atoms with E-state index in [1.165, 1.54) is 51.5 Å². The van der Waals surface area contributed by atoms with Crippen LogP contribution in [0.5, 0.6) is 5.75 Å². The lowest BCUT2D eigenvalue weighted by Gasteiger charge is -2.36. The van der Waals surface area contributed by atoms with Gasteiger partial charge in [0.15, 0.2) is 0 Å². The second-order valence-corrected chi connectivity index (χ2v) is 33.6. The number of carbonyl (C=O) groups is 19. The fourth-order valence-corrected chi connectivity index (χ4v) is 16.6. The lowest BCUT2D eigenvalue weighted by atomic mass is 10.00. The van der Waals surface area contributed by atoms with E-state index in [1.807, 2.05) is 0 Å². The molecular weight excluding hydrogens is 1730 g/mol. The van der Waals surface area contributed by atoms with Gasteiger partial charge in [-0.3, -0.25) is 91.1 Å². The highest BCUT2D eigenvalue weighted by Gasteiger charge is 2.47. The predicted octanol–water partition coefficient (Wildman–Crippen LogP) is -3.88. The number of aromatic hydroxyl groups is 1. The number of nitrogens with zero attached hydrogens (tertiary/aromatic N) is 5. The number of nitrogens with two attached hydrogens (primary N) is 1. The van der Waals surface area contributed by atoms with Gasteiger partial charge < -0.3 is 129 Å². The summed E-state index contributed by atoms with van der Waals surface area (Å²) in [6.45, 7) is 0.668. The number of fused-ring (bicyclic) bond motifs is 4. The summed E-state index contributed by atoms with van der Waals surface area (Å²) in [6, 6.07) is -5.23. The maximum Gasteiger partial charge on any atom is 0.305 e. The van der Waals surface area contributed by atoms with E-state index in [1.54, 1.807) is 68.6 Å². The Morgan fingerprint density at radius 3 is 1.55 bits per heavy atom. The number of H-pyrrole nitrogens is 2. The van der Waals surface area contributed by atoms with Crippen molar-refractivity contribution < 1.29 is 127 Å². The minimum Gasteiger partial charge on any atom is -0.508 e. The van der Waals surface area contributed by atoms with Crippen molar-refractivity contribution in [3.8, 4) is 5.75 Å². The lowest BCUT2D eigenvalue weighted by molar-refractivity contribution is -0.149. The lowest BCUT2D eigenvalue weighted by Crippen LogP contribution is -2.62. The average Bonchev–Trinajstić information content (AvgIpc) is 1.80. The second-order valence-electron chi connectivity index (χ2n) is 32.6. The first-order chi connectivity index (χ1) is 62.3. The number of aliphatic hydroxyl groups is 3. The van der Waals surface area contributed by atoms with Gasteiger partial charge in [0.2, 0.25) is 94.5 Å². The number of aliphatic carboxylic acids is 3. The summed E-state index contributed by atoms with van der Waals surface area (Å²) >= 11 is 0.674. The van der Waals surface area contributed by atoms with Crippen molar-refractivity contribution in [2.45, 2.75) is 221 Å². The van der Waals surface area contributed by atoms with Gasteiger partial charge in [-0.15, -0.1) is 11.8 Å². The smallest absolute Gasteiger partial charge is 0.305 e. The molecule has 44 nitrogen and oxygen atoms in total. The third kappa shape index (κ3) is 28.6. The molecule has 0 unspecified atom stereocenters. The molecule has 3 fully saturated rings. The van der Waals surface area contributed by atoms with E-state index in [0.717, 1.165) is 31.5 Å². The molecule has 8 rings (SSSR count). The summed E-state index contributed by atoms with van der Waals surface area (Å²) in [7, 11) is 3.67. The van der Waals surface area contributed by atoms with E-state index < -0.39 is 286 Å². The summed E-state index contributed by atoms with van der Waals surface area (Å²) in [5.41, 5.74) is 7.73. The molecule has 0 radical (unpaired) electrons. The Labute approximate surface area is 756 Å². The molecule has 5 aromatic rings. The number of phenolic OH excluding ortho intramolecular Hbond substituents is 1. The van der Waals surface area contributed by atoms with Crippen LogP contribution in [0.15, 0.2) is 85.2 Å². The molecular formula is C86H116N18O26S. The minimum atomic E-state index is -2.01. The van der Waals surface area contributed by atoms with Crippen molar-refractivity contribution in [3.63, 3.8) is 0 Å². The van der Waals surface area contributed by atoms with Gasteiger partial charge in [-0.25, -0.2) is 0 Å². The zero-order valence-corrected chi connectivity index (χ0v) is 74.1. The number of carbonyl (C=O) groups excluding carboxylic acids is 16. The molecule has 3 aliphatic heterocycles. The third-order valence-corrected chi connectivity index (χ3v) is 24.1. The van der Waals surface area contributed by atoms with Crippen LogP contribution in [0.4, 0.5) is 0 Å². The molecule has 2 aromatic heterocycles. The Morgan fingerprint density at radius 2 is 0.977 bits per heavy atom. The number of hydrogen-bond donors (Lipinski definition) is 20. The minimum absolute atomic E-state index is 0.0598. The summed E-state index contributed by atoms with van der Waals surface area (Å²) in [6.07, 6.45) is -2.99. The highest BCUT2D eigenvalue weighted by Crippen LogP contribution is 2.28. The van der Waals surface area contributed by atoms with Crippen LogP contribution in [-0.4, -0.2) is 339 Å². The van der Waals surface area contributed by atoms with Crippen LogP contribution >= 0.6 is 11.8 Å². The molecule has 0 bridgehead atoms. The number of aliphatic hydroxyl groups excluding tert-OH is 3. The monoisotopic (exact) mass is 1850 g/mol. The van der Waals surface area contributed by atoms with E-state index in [4.69, 9.17) is 5.73 Å². The zero-order chi connectivity index (χ0) is 96.2. The van der Waals surface area contributed by atoms with Gasteiger partial charge in [-0.05, 0) is 86.4 Å². The van der Waals surface area contributed by atoms with Gasteiger partial charge >= 0.3 is 17.9 Å². The Balaban J connectivity index is 1.19. The van der Waals surface area contributed by atoms with Crippen molar-refractivity contribution in [3.05, 3.63) is 102 Å². The average molecular weight is 1850 g/mol. The fraction of sp³-hybridized carbons (Fsp3) is 0.523. The molecule has 5 heterocycles. The first kappa shape index (κ1) is 103. The van der Waals surface area contributed by atoms with Crippen LogP contribution in [0.3, 0.4) is 0 Å². The molecule has 3 saturated heterocycles. The van der Waals surface area contributed by atoms with Crippen LogP contribution in [0, 0.1) is 0 Å². The Bertz CT molecular complexity index is 4990. The van der Waals surface area contributed by atoms with Crippen molar-refractivity contribution >= 4 is 146 Å². The number of unbranched alkanes of at least 4 members (excludes halogenated alkanes) is 2. The topological polar surface area (TPSA) is 660 Å². The second kappa shape index (κ2) is 48.9. The molecule has 0 spiro atoms. The number of aromatic amines is 2. The maximum absolute atomic E-state index is 15.6. The number of phenols is 1. The number of likely N-dealkylation sites (N-methyl/N-ethyl adjacent to an activating group) is 3. The normalized spacial score (nSPS) is 25.1. The van der Waals surface area contributed by atoms with Crippen LogP contribution in [0.2, 0.25) is 0 Å². The van der Waals surface area contributed by atoms with Crippen molar-refractivity contribution in [2.24, 2.45) is 5.73 Å². The molecule has 3 aliphatic rings. The SMILES string of the molecule is CCCC[C@H]1C(=O)N(C)[C@@H](CCCC)C(=O)N[C@@H](CCC(=O)O)C(=O)N[C@H](C(=O)NCC(N)=O)CSCC(=O)N[C@@H](Cc2ccc(O)cc2)C(=O)N(C)[C@@H](C)C(=O)N[C@H](CC(=O)O)C(=O)N2CCC[C@H]2C(=O)N[C@@H](CO)C(=O)N[C@@H](CCC(=O)O)C(=O)N2C[C@H](O)C[C@H]2C(=O)N[C@@H](Cc2c[nH]c3ccccc23)C(=O)N[C@@H](CO)C(=O)N[C@@H](Cc2c[nH]c3ccccc23)C(=O)N1C. The number of thioether (sulfide) groups is 1. The highest BCUT2D eigenvalue weighted by molar-refractivity contribution is 8.00. The molecule has 0 aliphatic carbocycles. The third-order valence-electron chi connectivity index (χ3n) is 23.1. The summed E-state index contributed by atoms with van der Waals surface area (Å²) in [5, 5.41) is 99.0. The van der Waals surface area contributed by atoms with Crippen molar-refractivity contribution in [2.75, 3.05) is 65.5 Å². The fourth-order valence-electron chi connectivity index (χ4n) is 15.7. The van der Waals surface area contributed by atoms with E-state index in [2.05, 4.69) is 63.1 Å². The Morgan fingerprint density at radius 1 is 0.496 bits per heavy atom. The molecule has 712 valence electrons. The number of carboxylic acid groups (broad SMARTS) is 3. The van der Waals surface area contributed by atoms with Gasteiger partial charge in [0.25, 0.3) is 0 Å². The number of amides is 16. The molecule has 21 N–H and O–H groups in total. The number of primary amides is 1. The number of para-hydroxylation sites is 2. The molecule has 16 amide bonds. The van der Waals surface area contributed by atoms with Crippen LogP contribution in [-0.2, 0) is 110 Å². The first-order valence-electron chi connectivity index (χ1n) is 43.0. The standard InChI is InChI=1S/C86H116N18O26S/c1-7-9-20-64-79(123)92-55(27-29-70(111)112)75(119)99-63(74(118)90-39-68(87)109)43-131-44-69(110)91-58(32-46-23-25-49(107)26-24-46)82(126)100(4)45(3)73(117)95-60(36-72(115)116)85(129)103-31-15-22-65(103)80(124)98-62(42-106)77(121)93-56(28-30-71(113)114)84(128)104-40-50(108)35-67(104)81(125)94-57(33-47-37-88-53-18-13-11-16-51(47)53)76(120)97-61(41-105)78(122)96-59(34-48-38-89-54-19-14-12-17-52(48)54)83(127)102(6)66(21-10-8-2)86(130)101(64)5/h11-14,16-19,23-26,37-38,45,50,55-67,88-89,105-108H,7-10,15,20-22,27-36,39-44H2,1-6H3,(H2,87,109)(H,90,118)(H,91,110)(H,92,123)(H,93,121)(H,94,125)(H,95,117)(H,96,122)(H,97,120)(H,98,124)(H,99,119)(H,111,112)(H,113,114)(H,115,116)/t45-,50+,55-,56-,57-,58-,59-,60+,61-,62-,63-,64-,65-,66-,67-/m0/s1. The largest absolute Gasteiger partial charge is 0.508 e. The summed E-state index contributed by atoms with van der Waals surface area (Å²) in [4.78, 5) is 282. The number of hydrogen-bond acceptors (Lipinski definition) is 24. The first-order valence-corrected chi connectivity index (χ1v) is 44.1. The van der Waals surface area contributed by atoms with Gasteiger partial charge in [0.05, 0.1) is 38.0 Å². The number of benzene rings is 3. The highest BCUT2D eigenvalue weighted by atomic mass is 32.2. The number of rotatable bonds is 25. The molecule has 15 atom stereocenters. The summed E-state index contributed by atoms with van der Waals surface area (Å²) < 4.78 is 0. The van der Waals surface area contributed by atoms with E-state index in [9.17, 15) is 98.1 Å². The van der Waals surface area contributed by atoms with E-state index >= 15 is 28.8 Å². The van der Waals surface area contributed by atoms with Gasteiger partial charge in [0.1, 0.15) is 90.3 Å². The summed E-state index contributed by atoms with van der Waals surface area (Å²) in [5.74, 6) is -23.3. The van der Waals surface area contributed by atoms with E-state index in [-0.39, 0.29) is 63.7 Å². The Kier molecular flexibility index (Phi) is 38.5. The van der Waals surface area contributed by atoms with Crippen LogP contribution in [0.25, 0.3) is 21.8 Å². The number of carboxylic acids is 3. The quantitative estimate of drug-likeness (QED) is 0.0266. The number of nitrogens with one attached hydrogen (secondary N) is 12. The zero-order valence-electron chi connectivity index (χ0n) is 73.3. The predicted molar refractivity (Wildman–Crippen MR) is 468 cm³/mol. The molecule has 45 heteroatoms. The maximum atomic E-state index is 15.6. The van der Waals surface area contributed by atoms with Crippen molar-refractivity contribution in [1.82, 2.24) is 87.6 Å². The number of aromatic nitrogens is 2. The molecule has 131 heavy (non-hydrogen) atoms. The van der Waals surface area contributed by atoms with E-state index in [0.29, 0.717) is 63.1 Å². The van der Waals surface area contributed by atoms with Gasteiger partial charge in [-0.2, -0.15) is 0 Å². The Hall–Kier alpha value is -13.3. The molecule has 0 saturated carbocycles. The van der Waals surface area contributed by atoms with Crippen LogP contribution in [0.1, 0.15) is 127 Å². The van der Waals surface area contributed by atoms with Crippen LogP contribution < -0.4 is 58.9 Å². The van der Waals surface area contributed by atoms with Crippen molar-refractivity contribution in [1.29, 1.82) is 0 Å². The molecule has 3 aromatic carbocycles. The van der Waals surface area contributed by atoms with Gasteiger partial charge in [0, 0.05) is 113 Å². The van der Waals surface area contributed by atoms with Gasteiger partial charge in [-0.1, -0.05) is 88.1 Å².